The molecule has 0 aromatic heterocycles. The van der Waals surface area contributed by atoms with Crippen molar-refractivity contribution in [2.75, 3.05) is 0 Å². The predicted molar refractivity (Wildman–Crippen MR) is 56.5 cm³/mol. The van der Waals surface area contributed by atoms with Crippen LogP contribution in [0.1, 0.15) is 45.4 Å². The van der Waals surface area contributed by atoms with Crippen LogP contribution in [0.2, 0.25) is 0 Å². The van der Waals surface area contributed by atoms with Crippen molar-refractivity contribution in [2.24, 2.45) is 5.92 Å². The van der Waals surface area contributed by atoms with Crippen LogP contribution in [0.3, 0.4) is 0 Å². The third-order valence-corrected chi connectivity index (χ3v) is 5.42. The van der Waals surface area contributed by atoms with Crippen LogP contribution < -0.4 is 4.72 Å². The highest BCUT2D eigenvalue weighted by Crippen LogP contribution is 2.32. The second kappa shape index (κ2) is 3.81. The van der Waals surface area contributed by atoms with Crippen molar-refractivity contribution in [2.45, 2.75) is 56.7 Å². The van der Waals surface area contributed by atoms with Gasteiger partial charge in [0.05, 0.1) is 5.25 Å². The Morgan fingerprint density at radius 2 is 1.93 bits per heavy atom. The van der Waals surface area contributed by atoms with E-state index < -0.39 is 10.0 Å². The van der Waals surface area contributed by atoms with Gasteiger partial charge in [-0.05, 0) is 38.0 Å². The molecule has 2 saturated carbocycles. The fourth-order valence-electron chi connectivity index (χ4n) is 2.26. The van der Waals surface area contributed by atoms with Crippen LogP contribution in [0.4, 0.5) is 0 Å². The number of hydrogen-bond donors (Lipinski definition) is 1. The molecule has 4 heteroatoms. The molecule has 2 aliphatic rings. The van der Waals surface area contributed by atoms with Gasteiger partial charge in [0, 0.05) is 6.04 Å². The van der Waals surface area contributed by atoms with Gasteiger partial charge >= 0.3 is 0 Å². The monoisotopic (exact) mass is 217 g/mol. The molecule has 0 saturated heterocycles. The molecule has 0 aromatic rings. The summed E-state index contributed by atoms with van der Waals surface area (Å²) in [6.07, 6.45) is 6.17. The molecule has 0 aliphatic heterocycles. The van der Waals surface area contributed by atoms with Crippen LogP contribution in [0.15, 0.2) is 0 Å². The molecule has 82 valence electrons. The maximum atomic E-state index is 11.6. The minimum absolute atomic E-state index is 0.0665. The van der Waals surface area contributed by atoms with Gasteiger partial charge in [-0.3, -0.25) is 0 Å². The van der Waals surface area contributed by atoms with Gasteiger partial charge in [-0.25, -0.2) is 13.1 Å². The maximum Gasteiger partial charge on any atom is 0.214 e. The zero-order valence-corrected chi connectivity index (χ0v) is 9.52. The summed E-state index contributed by atoms with van der Waals surface area (Å²) in [5.74, 6) is 0.738. The van der Waals surface area contributed by atoms with Gasteiger partial charge in [-0.15, -0.1) is 0 Å². The molecule has 3 nitrogen and oxygen atoms in total. The van der Waals surface area contributed by atoms with E-state index in [1.807, 2.05) is 0 Å². The van der Waals surface area contributed by atoms with Crippen molar-refractivity contribution < 1.29 is 8.42 Å². The molecule has 0 amide bonds. The second-order valence-electron chi connectivity index (χ2n) is 4.65. The Morgan fingerprint density at radius 3 is 2.43 bits per heavy atom. The molecule has 0 aromatic carbocycles. The lowest BCUT2D eigenvalue weighted by atomic mass is 10.1. The summed E-state index contributed by atoms with van der Waals surface area (Å²) >= 11 is 0. The van der Waals surface area contributed by atoms with Gasteiger partial charge in [-0.2, -0.15) is 0 Å². The van der Waals surface area contributed by atoms with Gasteiger partial charge in [-0.1, -0.05) is 13.3 Å². The SMILES string of the molecule is CC[C@H]1CCC(NS(=O)(=O)C2CC2)C1. The first-order valence-corrected chi connectivity index (χ1v) is 7.17. The lowest BCUT2D eigenvalue weighted by Gasteiger charge is -2.12. The normalized spacial score (nSPS) is 33.5. The van der Waals surface area contributed by atoms with E-state index in [0.29, 0.717) is 0 Å². The largest absolute Gasteiger partial charge is 0.214 e. The van der Waals surface area contributed by atoms with E-state index in [1.165, 1.54) is 12.8 Å². The Bertz CT molecular complexity index is 295. The molecule has 2 aliphatic carbocycles. The minimum atomic E-state index is -2.95. The Balaban J connectivity index is 1.86. The summed E-state index contributed by atoms with van der Waals surface area (Å²) in [5, 5.41) is -0.0665. The standard InChI is InChI=1S/C10H19NO2S/c1-2-8-3-4-9(7-8)11-14(12,13)10-5-6-10/h8-11H,2-7H2,1H3/t8-,9?/m0/s1. The summed E-state index contributed by atoms with van der Waals surface area (Å²) < 4.78 is 26.1. The van der Waals surface area contributed by atoms with E-state index in [2.05, 4.69) is 11.6 Å². The maximum absolute atomic E-state index is 11.6. The highest BCUT2D eigenvalue weighted by atomic mass is 32.2. The molecule has 0 spiro atoms. The van der Waals surface area contributed by atoms with Crippen LogP contribution >= 0.6 is 0 Å². The molecular weight excluding hydrogens is 198 g/mol. The van der Waals surface area contributed by atoms with Gasteiger partial charge < -0.3 is 0 Å². The molecule has 0 bridgehead atoms. The third-order valence-electron chi connectivity index (χ3n) is 3.41. The fourth-order valence-corrected chi connectivity index (χ4v) is 3.89. The van der Waals surface area contributed by atoms with Crippen molar-refractivity contribution in [3.63, 3.8) is 0 Å². The number of hydrogen-bond acceptors (Lipinski definition) is 2. The molecule has 1 unspecified atom stereocenters. The fraction of sp³-hybridized carbons (Fsp3) is 1.00. The van der Waals surface area contributed by atoms with E-state index in [0.717, 1.165) is 31.6 Å². The van der Waals surface area contributed by atoms with E-state index in [9.17, 15) is 8.42 Å². The molecule has 0 heterocycles. The highest BCUT2D eigenvalue weighted by molar-refractivity contribution is 7.90. The lowest BCUT2D eigenvalue weighted by Crippen LogP contribution is -2.35. The third kappa shape index (κ3) is 2.28. The number of nitrogens with one attached hydrogen (secondary N) is 1. The predicted octanol–water partition coefficient (Wildman–Crippen LogP) is 1.65. The number of rotatable bonds is 4. The van der Waals surface area contributed by atoms with Gasteiger partial charge in [0.1, 0.15) is 0 Å². The highest BCUT2D eigenvalue weighted by Gasteiger charge is 2.38. The van der Waals surface area contributed by atoms with Crippen molar-refractivity contribution in [3.8, 4) is 0 Å². The van der Waals surface area contributed by atoms with Crippen LogP contribution in [0, 0.1) is 5.92 Å². The van der Waals surface area contributed by atoms with Crippen molar-refractivity contribution >= 4 is 10.0 Å². The van der Waals surface area contributed by atoms with Crippen molar-refractivity contribution in [1.29, 1.82) is 0 Å². The summed E-state index contributed by atoms with van der Waals surface area (Å²) in [6.45, 7) is 2.18. The summed E-state index contributed by atoms with van der Waals surface area (Å²) in [5.41, 5.74) is 0. The zero-order valence-electron chi connectivity index (χ0n) is 8.70. The molecule has 2 atom stereocenters. The molecule has 1 N–H and O–H groups in total. The van der Waals surface area contributed by atoms with E-state index in [-0.39, 0.29) is 11.3 Å². The molecular formula is C10H19NO2S. The molecule has 2 rings (SSSR count). The van der Waals surface area contributed by atoms with Gasteiger partial charge in [0.25, 0.3) is 0 Å². The molecule has 14 heavy (non-hydrogen) atoms. The van der Waals surface area contributed by atoms with Crippen LogP contribution in [0.5, 0.6) is 0 Å². The first kappa shape index (κ1) is 10.4. The van der Waals surface area contributed by atoms with E-state index >= 15 is 0 Å². The van der Waals surface area contributed by atoms with Crippen LogP contribution in [-0.2, 0) is 10.0 Å². The van der Waals surface area contributed by atoms with Crippen LogP contribution in [-0.4, -0.2) is 19.7 Å². The minimum Gasteiger partial charge on any atom is -0.212 e. The Kier molecular flexibility index (Phi) is 2.84. The van der Waals surface area contributed by atoms with Crippen molar-refractivity contribution in [3.05, 3.63) is 0 Å². The molecule has 0 radical (unpaired) electrons. The quantitative estimate of drug-likeness (QED) is 0.778. The Labute approximate surface area is 86.3 Å². The topological polar surface area (TPSA) is 46.2 Å². The second-order valence-corrected chi connectivity index (χ2v) is 6.64. The summed E-state index contributed by atoms with van der Waals surface area (Å²) in [7, 11) is -2.95. The van der Waals surface area contributed by atoms with E-state index in [4.69, 9.17) is 0 Å². The van der Waals surface area contributed by atoms with Gasteiger partial charge in [0.2, 0.25) is 10.0 Å². The summed E-state index contributed by atoms with van der Waals surface area (Å²) in [4.78, 5) is 0. The van der Waals surface area contributed by atoms with Crippen LogP contribution in [0.25, 0.3) is 0 Å². The summed E-state index contributed by atoms with van der Waals surface area (Å²) in [6, 6.07) is 0.227. The smallest absolute Gasteiger partial charge is 0.212 e. The first-order chi connectivity index (χ1) is 6.62. The van der Waals surface area contributed by atoms with Gasteiger partial charge in [0.15, 0.2) is 0 Å². The molecule has 2 fully saturated rings. The first-order valence-electron chi connectivity index (χ1n) is 5.63. The van der Waals surface area contributed by atoms with Crippen molar-refractivity contribution in [1.82, 2.24) is 4.72 Å². The average molecular weight is 217 g/mol. The average Bonchev–Trinajstić information content (AvgIpc) is 2.89. The van der Waals surface area contributed by atoms with E-state index in [1.54, 1.807) is 0 Å². The lowest BCUT2D eigenvalue weighted by molar-refractivity contribution is 0.504. The zero-order chi connectivity index (χ0) is 10.2. The Morgan fingerprint density at radius 1 is 1.21 bits per heavy atom. The number of sulfonamides is 1. The Hall–Kier alpha value is -0.0900.